The fraction of sp³-hybridized carbons (Fsp3) is 0.176. The number of nitrogens with one attached hydrogen (secondary N) is 1. The summed E-state index contributed by atoms with van der Waals surface area (Å²) in [6.45, 7) is 1.74. The molecule has 1 amide bonds. The summed E-state index contributed by atoms with van der Waals surface area (Å²) in [6.07, 6.45) is 1.52. The second-order valence-electron chi connectivity index (χ2n) is 5.65. The summed E-state index contributed by atoms with van der Waals surface area (Å²) in [5, 5.41) is 2.99. The Bertz CT molecular complexity index is 1130. The van der Waals surface area contributed by atoms with Gasteiger partial charge in [-0.05, 0) is 40.5 Å². The van der Waals surface area contributed by atoms with Gasteiger partial charge >= 0.3 is 5.69 Å². The molecule has 0 aliphatic carbocycles. The van der Waals surface area contributed by atoms with Crippen molar-refractivity contribution in [3.8, 4) is 0 Å². The lowest BCUT2D eigenvalue weighted by Crippen LogP contribution is -2.37. The first kappa shape index (κ1) is 17.1. The quantitative estimate of drug-likeness (QED) is 0.709. The SMILES string of the molecule is Cc1cnc2c(c1NC(=O)c1ccccc1Br)c(=O)n(C)c(=O)n2C. The normalized spacial score (nSPS) is 10.9. The Kier molecular flexibility index (Phi) is 4.30. The number of halogens is 1. The highest BCUT2D eigenvalue weighted by Gasteiger charge is 2.18. The first-order valence-corrected chi connectivity index (χ1v) is 8.23. The summed E-state index contributed by atoms with van der Waals surface area (Å²) in [4.78, 5) is 41.5. The Hall–Kier alpha value is -2.74. The van der Waals surface area contributed by atoms with Gasteiger partial charge in [-0.1, -0.05) is 12.1 Å². The highest BCUT2D eigenvalue weighted by atomic mass is 79.9. The molecule has 0 atom stereocenters. The maximum absolute atomic E-state index is 12.6. The molecule has 0 aliphatic heterocycles. The van der Waals surface area contributed by atoms with Crippen LogP contribution in [0.25, 0.3) is 11.0 Å². The van der Waals surface area contributed by atoms with Crippen LogP contribution in [0.3, 0.4) is 0 Å². The molecule has 0 bridgehead atoms. The highest BCUT2D eigenvalue weighted by Crippen LogP contribution is 2.24. The number of aromatic nitrogens is 3. The van der Waals surface area contributed by atoms with Crippen LogP contribution in [0.1, 0.15) is 15.9 Å². The molecule has 0 radical (unpaired) electrons. The number of carbonyl (C=O) groups excluding carboxylic acids is 1. The smallest absolute Gasteiger partial charge is 0.321 e. The number of carbonyl (C=O) groups is 1. The lowest BCUT2D eigenvalue weighted by Gasteiger charge is -2.14. The molecule has 3 rings (SSSR count). The van der Waals surface area contributed by atoms with E-state index in [1.165, 1.54) is 24.9 Å². The van der Waals surface area contributed by atoms with Crippen molar-refractivity contribution in [1.29, 1.82) is 0 Å². The van der Waals surface area contributed by atoms with Gasteiger partial charge in [0, 0.05) is 24.8 Å². The number of fused-ring (bicyclic) bond motifs is 1. The molecule has 7 nitrogen and oxygen atoms in total. The zero-order chi connectivity index (χ0) is 18.3. The predicted octanol–water partition coefficient (Wildman–Crippen LogP) is 1.96. The predicted molar refractivity (Wildman–Crippen MR) is 99.1 cm³/mol. The van der Waals surface area contributed by atoms with Crippen LogP contribution in [-0.2, 0) is 14.1 Å². The fourth-order valence-corrected chi connectivity index (χ4v) is 3.08. The molecule has 0 saturated heterocycles. The Balaban J connectivity index is 2.25. The molecule has 0 saturated carbocycles. The maximum atomic E-state index is 12.6. The van der Waals surface area contributed by atoms with E-state index >= 15 is 0 Å². The number of amides is 1. The second kappa shape index (κ2) is 6.29. The van der Waals surface area contributed by atoms with E-state index in [0.29, 0.717) is 21.3 Å². The van der Waals surface area contributed by atoms with Gasteiger partial charge in [0.2, 0.25) is 0 Å². The lowest BCUT2D eigenvalue weighted by molar-refractivity contribution is 0.102. The summed E-state index contributed by atoms with van der Waals surface area (Å²) < 4.78 is 2.92. The van der Waals surface area contributed by atoms with Crippen molar-refractivity contribution in [2.45, 2.75) is 6.92 Å². The molecule has 128 valence electrons. The summed E-state index contributed by atoms with van der Waals surface area (Å²) in [5.74, 6) is -0.362. The molecule has 8 heteroatoms. The zero-order valence-electron chi connectivity index (χ0n) is 13.8. The van der Waals surface area contributed by atoms with E-state index in [1.807, 2.05) is 0 Å². The molecule has 3 aromatic rings. The summed E-state index contributed by atoms with van der Waals surface area (Å²) >= 11 is 3.34. The monoisotopic (exact) mass is 402 g/mol. The maximum Gasteiger partial charge on any atom is 0.332 e. The molecule has 1 N–H and O–H groups in total. The molecule has 0 unspecified atom stereocenters. The van der Waals surface area contributed by atoms with Crippen LogP contribution in [0, 0.1) is 6.92 Å². The number of nitrogens with zero attached hydrogens (tertiary/aromatic N) is 3. The molecule has 0 fully saturated rings. The Labute approximate surface area is 151 Å². The third-order valence-corrected chi connectivity index (χ3v) is 4.71. The number of pyridine rings is 1. The molecule has 25 heavy (non-hydrogen) atoms. The van der Waals surface area contributed by atoms with Crippen LogP contribution in [-0.4, -0.2) is 20.0 Å². The third-order valence-electron chi connectivity index (χ3n) is 4.02. The van der Waals surface area contributed by atoms with Gasteiger partial charge in [-0.15, -0.1) is 0 Å². The summed E-state index contributed by atoms with van der Waals surface area (Å²) in [6, 6.07) is 6.99. The lowest BCUT2D eigenvalue weighted by atomic mass is 10.1. The number of hydrogen-bond donors (Lipinski definition) is 1. The van der Waals surface area contributed by atoms with Crippen LogP contribution >= 0.6 is 15.9 Å². The van der Waals surface area contributed by atoms with Crippen molar-refractivity contribution >= 4 is 38.6 Å². The second-order valence-corrected chi connectivity index (χ2v) is 6.51. The first-order chi connectivity index (χ1) is 11.8. The van der Waals surface area contributed by atoms with Crippen molar-refractivity contribution in [2.24, 2.45) is 14.1 Å². The van der Waals surface area contributed by atoms with E-state index in [2.05, 4.69) is 26.2 Å². The minimum atomic E-state index is -0.503. The van der Waals surface area contributed by atoms with Gasteiger partial charge in [-0.25, -0.2) is 9.78 Å². The van der Waals surface area contributed by atoms with E-state index in [1.54, 1.807) is 31.2 Å². The number of rotatable bonds is 2. The van der Waals surface area contributed by atoms with E-state index in [9.17, 15) is 14.4 Å². The van der Waals surface area contributed by atoms with Crippen molar-refractivity contribution in [3.63, 3.8) is 0 Å². The average Bonchev–Trinajstić information content (AvgIpc) is 2.60. The van der Waals surface area contributed by atoms with Gasteiger partial charge < -0.3 is 5.32 Å². The van der Waals surface area contributed by atoms with E-state index in [-0.39, 0.29) is 16.9 Å². The van der Waals surface area contributed by atoms with Crippen molar-refractivity contribution < 1.29 is 4.79 Å². The topological polar surface area (TPSA) is 86.0 Å². The largest absolute Gasteiger partial charge is 0.332 e. The summed E-state index contributed by atoms with van der Waals surface area (Å²) in [7, 11) is 2.93. The highest BCUT2D eigenvalue weighted by molar-refractivity contribution is 9.10. The van der Waals surface area contributed by atoms with Gasteiger partial charge in [0.15, 0.2) is 5.65 Å². The standard InChI is InChI=1S/C17H15BrN4O3/c1-9-8-19-14-12(16(24)22(3)17(25)21(14)2)13(9)20-15(23)10-6-4-5-7-11(10)18/h4-8H,1-3H3,(H,19,20,23). The minimum Gasteiger partial charge on any atom is -0.321 e. The van der Waals surface area contributed by atoms with Crippen molar-refractivity contribution in [2.75, 3.05) is 5.32 Å². The van der Waals surface area contributed by atoms with Gasteiger partial charge in [0.25, 0.3) is 11.5 Å². The molecule has 0 spiro atoms. The van der Waals surface area contributed by atoms with Gasteiger partial charge in [0.1, 0.15) is 5.39 Å². The third kappa shape index (κ3) is 2.78. The van der Waals surface area contributed by atoms with E-state index in [4.69, 9.17) is 0 Å². The first-order valence-electron chi connectivity index (χ1n) is 7.44. The molecular formula is C17H15BrN4O3. The minimum absolute atomic E-state index is 0.199. The molecule has 1 aromatic carbocycles. The number of hydrogen-bond acceptors (Lipinski definition) is 4. The average molecular weight is 403 g/mol. The van der Waals surface area contributed by atoms with Crippen LogP contribution in [0.2, 0.25) is 0 Å². The van der Waals surface area contributed by atoms with Crippen LogP contribution < -0.4 is 16.6 Å². The molecule has 2 aromatic heterocycles. The van der Waals surface area contributed by atoms with Gasteiger partial charge in [-0.3, -0.25) is 18.7 Å². The number of aryl methyl sites for hydroxylation is 2. The van der Waals surface area contributed by atoms with Crippen molar-refractivity contribution in [3.05, 3.63) is 66.9 Å². The fourth-order valence-electron chi connectivity index (χ4n) is 2.61. The Morgan fingerprint density at radius 2 is 1.84 bits per heavy atom. The van der Waals surface area contributed by atoms with Crippen molar-refractivity contribution in [1.82, 2.24) is 14.1 Å². The molecule has 2 heterocycles. The van der Waals surface area contributed by atoms with Crippen LogP contribution in [0.5, 0.6) is 0 Å². The Morgan fingerprint density at radius 1 is 1.16 bits per heavy atom. The van der Waals surface area contributed by atoms with Gasteiger partial charge in [-0.2, -0.15) is 0 Å². The van der Waals surface area contributed by atoms with E-state index < -0.39 is 11.2 Å². The van der Waals surface area contributed by atoms with Crippen LogP contribution in [0.4, 0.5) is 5.69 Å². The van der Waals surface area contributed by atoms with E-state index in [0.717, 1.165) is 4.57 Å². The number of anilines is 1. The molecular weight excluding hydrogens is 388 g/mol. The Morgan fingerprint density at radius 3 is 2.52 bits per heavy atom. The van der Waals surface area contributed by atoms with Crippen LogP contribution in [0.15, 0.2) is 44.5 Å². The molecule has 0 aliphatic rings. The summed E-state index contributed by atoms with van der Waals surface area (Å²) in [5.41, 5.74) is 0.661. The zero-order valence-corrected chi connectivity index (χ0v) is 15.4. The number of benzene rings is 1. The van der Waals surface area contributed by atoms with Gasteiger partial charge in [0.05, 0.1) is 11.3 Å².